The maximum absolute atomic E-state index is 4.74. The average Bonchev–Trinajstić information content (AvgIpc) is 2.23. The molecule has 0 N–H and O–H groups in total. The Hall–Kier alpha value is -1.33. The van der Waals surface area contributed by atoms with E-state index < -0.39 is 8.07 Å². The van der Waals surface area contributed by atoms with Gasteiger partial charge in [0.1, 0.15) is 8.07 Å². The van der Waals surface area contributed by atoms with Gasteiger partial charge >= 0.3 is 0 Å². The van der Waals surface area contributed by atoms with Crippen molar-refractivity contribution in [2.75, 3.05) is 0 Å². The first-order chi connectivity index (χ1) is 8.58. The first kappa shape index (κ1) is 15.7. The molecule has 0 aromatic heterocycles. The van der Waals surface area contributed by atoms with E-state index in [1.165, 1.54) is 5.56 Å². The molecule has 0 spiro atoms. The smallest absolute Gasteiger partial charge is 0.129 e. The summed E-state index contributed by atoms with van der Waals surface area (Å²) in [5, 5.41) is 0. The fourth-order valence-corrected chi connectivity index (χ4v) is 1.87. The van der Waals surface area contributed by atoms with Crippen LogP contribution in [-0.4, -0.2) is 13.8 Å². The molecule has 0 aliphatic rings. The maximum Gasteiger partial charge on any atom is 0.129 e. The fourth-order valence-electron chi connectivity index (χ4n) is 1.38. The van der Waals surface area contributed by atoms with Gasteiger partial charge in [0, 0.05) is 5.41 Å². The van der Waals surface area contributed by atoms with E-state index in [4.69, 9.17) is 4.99 Å². The molecule has 1 nitrogen and oxygen atoms in total. The van der Waals surface area contributed by atoms with Crippen LogP contribution in [0.1, 0.15) is 26.3 Å². The second kappa shape index (κ2) is 5.75. The van der Waals surface area contributed by atoms with E-state index in [1.807, 2.05) is 0 Å². The first-order valence-electron chi connectivity index (χ1n) is 6.77. The molecule has 2 heteroatoms. The van der Waals surface area contributed by atoms with Crippen LogP contribution in [-0.2, 0) is 0 Å². The summed E-state index contributed by atoms with van der Waals surface area (Å²) in [5.74, 6) is 3.32. The number of hydrogen-bond donors (Lipinski definition) is 0. The topological polar surface area (TPSA) is 12.4 Å². The molecule has 0 unspecified atom stereocenters. The highest BCUT2D eigenvalue weighted by Gasteiger charge is 2.18. The molecule has 1 rings (SSSR count). The van der Waals surface area contributed by atoms with Gasteiger partial charge in [0.2, 0.25) is 0 Å². The van der Waals surface area contributed by atoms with Gasteiger partial charge in [-0.15, -0.1) is 5.54 Å². The van der Waals surface area contributed by atoms with Crippen molar-refractivity contribution < 1.29 is 0 Å². The zero-order chi connectivity index (χ0) is 14.7. The normalized spacial score (nSPS) is 12.9. The number of nitrogens with zero attached hydrogens (tertiary/aromatic N) is 1. The number of aliphatic imine (C=N–C) groups is 1. The highest BCUT2D eigenvalue weighted by Crippen LogP contribution is 2.21. The predicted octanol–water partition coefficient (Wildman–Crippen LogP) is 4.99. The Balaban J connectivity index is 3.17. The lowest BCUT2D eigenvalue weighted by atomic mass is 9.90. The molecule has 19 heavy (non-hydrogen) atoms. The minimum absolute atomic E-state index is 0.0163. The van der Waals surface area contributed by atoms with E-state index in [2.05, 4.69) is 83.1 Å². The lowest BCUT2D eigenvalue weighted by Gasteiger charge is -2.17. The molecule has 1 aromatic carbocycles. The molecule has 0 amide bonds. The molecule has 102 valence electrons. The third-order valence-corrected chi connectivity index (χ3v) is 3.42. The Kier molecular flexibility index (Phi) is 4.76. The number of benzene rings is 1. The molecular weight excluding hydrogens is 246 g/mol. The minimum atomic E-state index is -1.37. The van der Waals surface area contributed by atoms with Crippen LogP contribution in [0.5, 0.6) is 0 Å². The van der Waals surface area contributed by atoms with Crippen LogP contribution in [0.2, 0.25) is 19.6 Å². The van der Waals surface area contributed by atoms with Gasteiger partial charge in [0.15, 0.2) is 0 Å². The van der Waals surface area contributed by atoms with Crippen molar-refractivity contribution in [2.24, 2.45) is 10.4 Å². The van der Waals surface area contributed by atoms with Crippen LogP contribution in [0.25, 0.3) is 0 Å². The number of aryl methyl sites for hydroxylation is 1. The molecule has 0 saturated heterocycles. The first-order valence-corrected chi connectivity index (χ1v) is 10.3. The van der Waals surface area contributed by atoms with Gasteiger partial charge in [-0.2, -0.15) is 0 Å². The minimum Gasteiger partial charge on any atom is -0.244 e. The highest BCUT2D eigenvalue weighted by atomic mass is 28.3. The lowest BCUT2D eigenvalue weighted by Crippen LogP contribution is -2.21. The van der Waals surface area contributed by atoms with Crippen LogP contribution >= 0.6 is 0 Å². The third kappa shape index (κ3) is 5.89. The Morgan fingerprint density at radius 3 is 2.00 bits per heavy atom. The lowest BCUT2D eigenvalue weighted by molar-refractivity contribution is 0.596. The summed E-state index contributed by atoms with van der Waals surface area (Å²) in [6.07, 6.45) is 0. The Bertz CT molecular complexity index is 514. The van der Waals surface area contributed by atoms with Crippen LogP contribution < -0.4 is 0 Å². The van der Waals surface area contributed by atoms with Crippen molar-refractivity contribution in [1.29, 1.82) is 0 Å². The molecule has 0 aliphatic carbocycles. The molecule has 1 aromatic rings. The summed E-state index contributed by atoms with van der Waals surface area (Å²) in [6.45, 7) is 15.4. The van der Waals surface area contributed by atoms with E-state index in [9.17, 15) is 0 Å². The zero-order valence-electron chi connectivity index (χ0n) is 13.3. The van der Waals surface area contributed by atoms with Crippen LogP contribution in [0, 0.1) is 23.8 Å². The van der Waals surface area contributed by atoms with E-state index in [1.54, 1.807) is 0 Å². The molecule has 0 saturated carbocycles. The standard InChI is InChI=1S/C17H25NSi/c1-14-8-10-15(11-9-14)18-16(17(2,3)4)12-13-19(5,6)7/h8-11H,1-7H3. The van der Waals surface area contributed by atoms with Crippen molar-refractivity contribution in [2.45, 2.75) is 47.3 Å². The number of hydrogen-bond acceptors (Lipinski definition) is 1. The summed E-state index contributed by atoms with van der Waals surface area (Å²) in [4.78, 5) is 4.74. The average molecular weight is 271 g/mol. The summed E-state index contributed by atoms with van der Waals surface area (Å²) in [5.41, 5.74) is 6.61. The second-order valence-electron chi connectivity index (χ2n) is 7.05. The summed E-state index contributed by atoms with van der Waals surface area (Å²) < 4.78 is 0. The third-order valence-electron chi connectivity index (χ3n) is 2.54. The Labute approximate surface area is 119 Å². The molecule has 0 radical (unpaired) electrons. The Morgan fingerprint density at radius 2 is 1.58 bits per heavy atom. The van der Waals surface area contributed by atoms with E-state index in [0.717, 1.165) is 11.4 Å². The quantitative estimate of drug-likeness (QED) is 0.387. The van der Waals surface area contributed by atoms with Gasteiger partial charge in [-0.25, -0.2) is 4.99 Å². The van der Waals surface area contributed by atoms with Gasteiger partial charge in [0.25, 0.3) is 0 Å². The SMILES string of the molecule is Cc1ccc(N=C(C#C[Si](C)(C)C)C(C)(C)C)cc1. The Morgan fingerprint density at radius 1 is 1.05 bits per heavy atom. The number of rotatable bonds is 1. The monoisotopic (exact) mass is 271 g/mol. The maximum atomic E-state index is 4.74. The summed E-state index contributed by atoms with van der Waals surface area (Å²) >= 11 is 0. The van der Waals surface area contributed by atoms with E-state index >= 15 is 0 Å². The molecular formula is C17H25NSi. The van der Waals surface area contributed by atoms with Gasteiger partial charge in [-0.1, -0.05) is 64.0 Å². The fraction of sp³-hybridized carbons (Fsp3) is 0.471. The second-order valence-corrected chi connectivity index (χ2v) is 11.8. The van der Waals surface area contributed by atoms with Crippen molar-refractivity contribution in [3.63, 3.8) is 0 Å². The summed E-state index contributed by atoms with van der Waals surface area (Å²) in [7, 11) is -1.37. The largest absolute Gasteiger partial charge is 0.244 e. The van der Waals surface area contributed by atoms with Crippen LogP contribution in [0.3, 0.4) is 0 Å². The highest BCUT2D eigenvalue weighted by molar-refractivity contribution is 6.84. The van der Waals surface area contributed by atoms with Crippen molar-refractivity contribution in [3.8, 4) is 11.5 Å². The molecule has 0 fully saturated rings. The molecule has 0 heterocycles. The van der Waals surface area contributed by atoms with Gasteiger partial charge in [-0.3, -0.25) is 0 Å². The van der Waals surface area contributed by atoms with Crippen molar-refractivity contribution in [1.82, 2.24) is 0 Å². The molecule has 0 aliphatic heterocycles. The van der Waals surface area contributed by atoms with Gasteiger partial charge in [0.05, 0.1) is 11.4 Å². The van der Waals surface area contributed by atoms with Crippen molar-refractivity contribution >= 4 is 19.5 Å². The zero-order valence-corrected chi connectivity index (χ0v) is 14.3. The van der Waals surface area contributed by atoms with Gasteiger partial charge < -0.3 is 0 Å². The van der Waals surface area contributed by atoms with Crippen LogP contribution in [0.4, 0.5) is 5.69 Å². The molecule has 0 atom stereocenters. The summed E-state index contributed by atoms with van der Waals surface area (Å²) in [6, 6.07) is 8.28. The molecule has 0 bridgehead atoms. The van der Waals surface area contributed by atoms with E-state index in [-0.39, 0.29) is 5.41 Å². The predicted molar refractivity (Wildman–Crippen MR) is 88.9 cm³/mol. The van der Waals surface area contributed by atoms with Crippen LogP contribution in [0.15, 0.2) is 29.3 Å². The van der Waals surface area contributed by atoms with E-state index in [0.29, 0.717) is 0 Å². The van der Waals surface area contributed by atoms with Crippen molar-refractivity contribution in [3.05, 3.63) is 29.8 Å². The van der Waals surface area contributed by atoms with Gasteiger partial charge in [-0.05, 0) is 19.1 Å².